The number of alkyl carbamates (subject to hydrolysis) is 1. The zero-order valence-corrected chi connectivity index (χ0v) is 34.1. The Morgan fingerprint density at radius 1 is 0.769 bits per heavy atom. The van der Waals surface area contributed by atoms with Gasteiger partial charge >= 0.3 is 6.09 Å². The van der Waals surface area contributed by atoms with E-state index in [4.69, 9.17) is 14.9 Å². The van der Waals surface area contributed by atoms with E-state index in [0.717, 1.165) is 16.7 Å². The van der Waals surface area contributed by atoms with Crippen molar-refractivity contribution in [1.29, 1.82) is 0 Å². The van der Waals surface area contributed by atoms with Crippen molar-refractivity contribution in [2.24, 2.45) is 17.6 Å². The number of hydrogen-bond acceptors (Lipinski definition) is 6. The van der Waals surface area contributed by atoms with Gasteiger partial charge in [0.15, 0.2) is 8.32 Å². The summed E-state index contributed by atoms with van der Waals surface area (Å²) in [6.07, 6.45) is 0.728. The summed E-state index contributed by atoms with van der Waals surface area (Å²) in [6.45, 7) is 20.2. The average Bonchev–Trinajstić information content (AvgIpc) is 3.08. The lowest BCUT2D eigenvalue weighted by molar-refractivity contribution is -0.151. The second-order valence-corrected chi connectivity index (χ2v) is 21.4. The lowest BCUT2D eigenvalue weighted by atomic mass is 9.88. The summed E-state index contributed by atoms with van der Waals surface area (Å²) in [5.41, 5.74) is 9.17. The van der Waals surface area contributed by atoms with E-state index in [1.54, 1.807) is 20.8 Å². The van der Waals surface area contributed by atoms with Crippen molar-refractivity contribution < 1.29 is 23.5 Å². The van der Waals surface area contributed by atoms with Crippen molar-refractivity contribution in [3.05, 3.63) is 108 Å². The second kappa shape index (κ2) is 18.8. The Morgan fingerprint density at radius 2 is 1.25 bits per heavy atom. The van der Waals surface area contributed by atoms with Crippen LogP contribution in [-0.4, -0.2) is 54.9 Å². The molecular weight excluding hydrogens is 667 g/mol. The number of rotatable bonds is 16. The van der Waals surface area contributed by atoms with Gasteiger partial charge in [-0.05, 0) is 80.8 Å². The molecule has 8 nitrogen and oxygen atoms in total. The van der Waals surface area contributed by atoms with Crippen LogP contribution in [0.3, 0.4) is 0 Å². The van der Waals surface area contributed by atoms with E-state index in [1.807, 2.05) is 92.7 Å². The zero-order chi connectivity index (χ0) is 38.7. The number of imide groups is 1. The van der Waals surface area contributed by atoms with Crippen molar-refractivity contribution in [2.45, 2.75) is 130 Å². The monoisotopic (exact) mass is 729 g/mol. The minimum Gasteiger partial charge on any atom is -0.444 e. The van der Waals surface area contributed by atoms with Gasteiger partial charge in [0, 0.05) is 12.0 Å². The molecule has 0 bridgehead atoms. The highest BCUT2D eigenvalue weighted by Crippen LogP contribution is 2.39. The number of nitrogens with zero attached hydrogens (tertiary/aromatic N) is 1. The maximum atomic E-state index is 15.2. The Morgan fingerprint density at radius 3 is 1.71 bits per heavy atom. The minimum absolute atomic E-state index is 0.0521. The maximum Gasteiger partial charge on any atom is 0.408 e. The van der Waals surface area contributed by atoms with Gasteiger partial charge in [0.05, 0.1) is 12.6 Å². The average molecular weight is 730 g/mol. The van der Waals surface area contributed by atoms with Gasteiger partial charge in [0.1, 0.15) is 11.6 Å². The van der Waals surface area contributed by atoms with Gasteiger partial charge in [-0.2, -0.15) is 0 Å². The number of carbonyl (C=O) groups excluding carboxylic acids is 3. The smallest absolute Gasteiger partial charge is 0.408 e. The summed E-state index contributed by atoms with van der Waals surface area (Å²) in [5.74, 6) is -1.71. The van der Waals surface area contributed by atoms with Gasteiger partial charge in [-0.3, -0.25) is 14.5 Å². The van der Waals surface area contributed by atoms with E-state index >= 15 is 4.79 Å². The fourth-order valence-electron chi connectivity index (χ4n) is 5.87. The number of nitrogens with one attached hydrogen (secondary N) is 1. The number of amides is 3. The van der Waals surface area contributed by atoms with Gasteiger partial charge in [0.2, 0.25) is 5.91 Å². The number of nitrogens with two attached hydrogens (primary N) is 1. The Kier molecular flexibility index (Phi) is 15.4. The first kappa shape index (κ1) is 42.6. The van der Waals surface area contributed by atoms with E-state index in [-0.39, 0.29) is 23.4 Å². The quantitative estimate of drug-likeness (QED) is 0.143. The van der Waals surface area contributed by atoms with Crippen LogP contribution in [0, 0.1) is 11.8 Å². The molecule has 3 amide bonds. The van der Waals surface area contributed by atoms with E-state index < -0.39 is 50.0 Å². The van der Waals surface area contributed by atoms with E-state index in [2.05, 4.69) is 51.3 Å². The molecule has 0 spiro atoms. The molecule has 0 unspecified atom stereocenters. The van der Waals surface area contributed by atoms with Crippen LogP contribution in [0.2, 0.25) is 18.1 Å². The molecular formula is C43H63N3O5Si. The highest BCUT2D eigenvalue weighted by atomic mass is 28.4. The van der Waals surface area contributed by atoms with Crippen LogP contribution in [0.5, 0.6) is 0 Å². The lowest BCUT2D eigenvalue weighted by Gasteiger charge is -2.42. The molecule has 0 aliphatic carbocycles. The summed E-state index contributed by atoms with van der Waals surface area (Å²) in [7, 11) is -2.36. The Bertz CT molecular complexity index is 1550. The Labute approximate surface area is 314 Å². The second-order valence-electron chi connectivity index (χ2n) is 16.7. The molecule has 3 rings (SSSR count). The zero-order valence-electron chi connectivity index (χ0n) is 33.1. The van der Waals surface area contributed by atoms with Crippen molar-refractivity contribution in [3.8, 4) is 0 Å². The van der Waals surface area contributed by atoms with E-state index in [1.165, 1.54) is 4.90 Å². The molecule has 284 valence electrons. The number of hydrogen-bond donors (Lipinski definition) is 2. The topological polar surface area (TPSA) is 111 Å². The minimum atomic E-state index is -2.36. The predicted molar refractivity (Wildman–Crippen MR) is 213 cm³/mol. The van der Waals surface area contributed by atoms with Crippen molar-refractivity contribution >= 4 is 26.2 Å². The molecule has 3 N–H and O–H groups in total. The third-order valence-electron chi connectivity index (χ3n) is 10.1. The highest BCUT2D eigenvalue weighted by molar-refractivity contribution is 6.74. The Hall–Kier alpha value is -3.79. The third-order valence-corrected chi connectivity index (χ3v) is 14.6. The van der Waals surface area contributed by atoms with Gasteiger partial charge < -0.3 is 20.2 Å². The number of carbonyl (C=O) groups is 3. The van der Waals surface area contributed by atoms with Crippen LogP contribution in [0.4, 0.5) is 4.79 Å². The molecule has 0 saturated heterocycles. The largest absolute Gasteiger partial charge is 0.444 e. The molecule has 0 aliphatic heterocycles. The number of benzene rings is 3. The molecule has 3 aromatic rings. The van der Waals surface area contributed by atoms with Gasteiger partial charge in [-0.15, -0.1) is 0 Å². The molecule has 9 heteroatoms. The molecule has 0 aromatic heterocycles. The number of ether oxygens (including phenoxy) is 1. The summed E-state index contributed by atoms with van der Waals surface area (Å²) in [6, 6.07) is 28.1. The lowest BCUT2D eigenvalue weighted by Crippen LogP contribution is -2.55. The van der Waals surface area contributed by atoms with Crippen LogP contribution in [-0.2, 0) is 38.1 Å². The molecule has 0 aliphatic rings. The van der Waals surface area contributed by atoms with Crippen LogP contribution in [0.15, 0.2) is 91.0 Å². The van der Waals surface area contributed by atoms with Crippen molar-refractivity contribution in [3.63, 3.8) is 0 Å². The third kappa shape index (κ3) is 13.0. The van der Waals surface area contributed by atoms with E-state index in [0.29, 0.717) is 25.7 Å². The van der Waals surface area contributed by atoms with E-state index in [9.17, 15) is 9.59 Å². The first-order valence-electron chi connectivity index (χ1n) is 18.7. The molecule has 0 fully saturated rings. The normalized spacial score (nSPS) is 15.1. The summed E-state index contributed by atoms with van der Waals surface area (Å²) >= 11 is 0. The van der Waals surface area contributed by atoms with Gasteiger partial charge in [-0.1, -0.05) is 132 Å². The molecule has 0 radical (unpaired) electrons. The molecule has 52 heavy (non-hydrogen) atoms. The van der Waals surface area contributed by atoms with Crippen LogP contribution in [0.25, 0.3) is 0 Å². The van der Waals surface area contributed by atoms with Crippen LogP contribution in [0.1, 0.15) is 84.9 Å². The highest BCUT2D eigenvalue weighted by Gasteiger charge is 2.43. The molecule has 0 saturated carbocycles. The molecule has 3 aromatic carbocycles. The van der Waals surface area contributed by atoms with Crippen molar-refractivity contribution in [1.82, 2.24) is 10.2 Å². The maximum absolute atomic E-state index is 15.2. The summed E-state index contributed by atoms with van der Waals surface area (Å²) in [5, 5.41) is 2.73. The van der Waals surface area contributed by atoms with Crippen molar-refractivity contribution in [2.75, 3.05) is 0 Å². The summed E-state index contributed by atoms with van der Waals surface area (Å²) < 4.78 is 12.7. The predicted octanol–water partition coefficient (Wildman–Crippen LogP) is 8.69. The first-order chi connectivity index (χ1) is 24.3. The van der Waals surface area contributed by atoms with Crippen LogP contribution >= 0.6 is 0 Å². The molecule has 5 atom stereocenters. The summed E-state index contributed by atoms with van der Waals surface area (Å²) in [4.78, 5) is 44.4. The molecule has 0 heterocycles. The SMILES string of the molecule is CC[C@H](C)[C@H](NC(=O)OC(C)(C)C)C(=O)N(Cc1ccccc1)C(=O)[C@H](Cc1ccccc1)C[C@H](O[Si](C)(C)C(C)(C)C)[C@@H](N)Cc1ccccc1. The van der Waals surface area contributed by atoms with Gasteiger partial charge in [-0.25, -0.2) is 4.79 Å². The first-order valence-corrected chi connectivity index (χ1v) is 21.6. The fourth-order valence-corrected chi connectivity index (χ4v) is 7.25. The van der Waals surface area contributed by atoms with Gasteiger partial charge in [0.25, 0.3) is 5.91 Å². The fraction of sp³-hybridized carbons (Fsp3) is 0.512. The Balaban J connectivity index is 2.12. The van der Waals surface area contributed by atoms with Crippen LogP contribution < -0.4 is 11.1 Å². The standard InChI is InChI=1S/C43H63N3O5Si/c1-11-31(2)38(45-41(49)50-42(3,4)5)40(48)46(30-34-25-19-14-20-26-34)39(47)35(27-32-21-15-12-16-22-32)29-37(51-52(9,10)43(6,7)8)36(44)28-33-23-17-13-18-24-33/h12-26,31,35-38H,11,27-30,44H2,1-10H3,(H,45,49)/t31-,35+,36-,37-,38-/m0/s1.